The number of rotatable bonds is 6. The number of non-ortho nitro benzene ring substituents is 1. The van der Waals surface area contributed by atoms with Crippen LogP contribution in [0.25, 0.3) is 11.3 Å². The van der Waals surface area contributed by atoms with Crippen molar-refractivity contribution in [2.45, 2.75) is 5.03 Å². The molecule has 0 radical (unpaired) electrons. The molecule has 0 fully saturated rings. The van der Waals surface area contributed by atoms with Gasteiger partial charge in [-0.3, -0.25) is 14.9 Å². The van der Waals surface area contributed by atoms with Crippen LogP contribution in [0.3, 0.4) is 0 Å². The molecular weight excluding hydrogens is 407 g/mol. The summed E-state index contributed by atoms with van der Waals surface area (Å²) >= 11 is 6.86. The van der Waals surface area contributed by atoms with Crippen LogP contribution >= 0.6 is 23.4 Å². The molecule has 1 aromatic heterocycles. The van der Waals surface area contributed by atoms with Crippen molar-refractivity contribution in [1.82, 2.24) is 10.2 Å². The molecule has 142 valence electrons. The smallest absolute Gasteiger partial charge is 0.269 e. The van der Waals surface area contributed by atoms with Crippen LogP contribution in [-0.2, 0) is 4.79 Å². The Kier molecular flexibility index (Phi) is 6.17. The molecule has 10 heteroatoms. The second-order valence-electron chi connectivity index (χ2n) is 5.53. The van der Waals surface area contributed by atoms with Gasteiger partial charge in [-0.2, -0.15) is 0 Å². The summed E-state index contributed by atoms with van der Waals surface area (Å²) in [5.41, 5.74) is 1.65. The van der Waals surface area contributed by atoms with E-state index in [1.807, 2.05) is 0 Å². The van der Waals surface area contributed by atoms with E-state index in [2.05, 4.69) is 15.5 Å². The van der Waals surface area contributed by atoms with Gasteiger partial charge in [-0.05, 0) is 42.5 Å². The van der Waals surface area contributed by atoms with Crippen LogP contribution in [0, 0.1) is 15.9 Å². The van der Waals surface area contributed by atoms with Crippen LogP contribution in [-0.4, -0.2) is 26.8 Å². The van der Waals surface area contributed by atoms with Gasteiger partial charge >= 0.3 is 0 Å². The van der Waals surface area contributed by atoms with E-state index in [0.29, 0.717) is 22.0 Å². The first-order valence-electron chi connectivity index (χ1n) is 7.88. The van der Waals surface area contributed by atoms with Crippen LogP contribution < -0.4 is 5.32 Å². The maximum absolute atomic E-state index is 13.1. The van der Waals surface area contributed by atoms with E-state index in [1.165, 1.54) is 42.1 Å². The van der Waals surface area contributed by atoms with E-state index in [9.17, 15) is 19.3 Å². The number of aromatic nitrogens is 2. The number of halogens is 2. The third-order valence-corrected chi connectivity index (χ3v) is 4.78. The third kappa shape index (κ3) is 5.02. The average molecular weight is 419 g/mol. The summed E-state index contributed by atoms with van der Waals surface area (Å²) in [6.45, 7) is 0. The zero-order valence-electron chi connectivity index (χ0n) is 14.1. The van der Waals surface area contributed by atoms with Gasteiger partial charge in [-0.25, -0.2) is 4.39 Å². The lowest BCUT2D eigenvalue weighted by molar-refractivity contribution is -0.384. The zero-order chi connectivity index (χ0) is 20.1. The average Bonchev–Trinajstić information content (AvgIpc) is 2.70. The second-order valence-corrected chi connectivity index (χ2v) is 6.93. The lowest BCUT2D eigenvalue weighted by atomic mass is 10.1. The number of carbonyl (C=O) groups is 1. The van der Waals surface area contributed by atoms with Crippen molar-refractivity contribution < 1.29 is 14.1 Å². The summed E-state index contributed by atoms with van der Waals surface area (Å²) in [5.74, 6) is -0.771. The SMILES string of the molecule is O=C(CSc1ccc(-c2ccc([N+](=O)[O-])cc2)nn1)Nc1ccc(F)c(Cl)c1. The van der Waals surface area contributed by atoms with Crippen molar-refractivity contribution >= 4 is 40.6 Å². The van der Waals surface area contributed by atoms with Crippen molar-refractivity contribution in [2.24, 2.45) is 0 Å². The molecule has 7 nitrogen and oxygen atoms in total. The van der Waals surface area contributed by atoms with Gasteiger partial charge in [0.25, 0.3) is 5.69 Å². The largest absolute Gasteiger partial charge is 0.325 e. The van der Waals surface area contributed by atoms with Crippen molar-refractivity contribution in [1.29, 1.82) is 0 Å². The molecule has 0 bridgehead atoms. The Hall–Kier alpha value is -3.04. The Bertz CT molecular complexity index is 1020. The first-order valence-corrected chi connectivity index (χ1v) is 9.25. The number of hydrogen-bond donors (Lipinski definition) is 1. The van der Waals surface area contributed by atoms with Gasteiger partial charge in [-0.1, -0.05) is 23.4 Å². The number of carbonyl (C=O) groups excluding carboxylic acids is 1. The van der Waals surface area contributed by atoms with Crippen molar-refractivity contribution in [3.8, 4) is 11.3 Å². The van der Waals surface area contributed by atoms with Gasteiger partial charge < -0.3 is 5.32 Å². The molecule has 0 saturated heterocycles. The molecule has 0 aliphatic carbocycles. The number of nitro benzene ring substituents is 1. The topological polar surface area (TPSA) is 98.0 Å². The maximum Gasteiger partial charge on any atom is 0.269 e. The van der Waals surface area contributed by atoms with Crippen LogP contribution in [0.4, 0.5) is 15.8 Å². The fraction of sp³-hybridized carbons (Fsp3) is 0.0556. The third-order valence-electron chi connectivity index (χ3n) is 3.57. The Morgan fingerprint density at radius 1 is 1.14 bits per heavy atom. The van der Waals surface area contributed by atoms with Crippen molar-refractivity contribution in [3.05, 3.63) is 75.6 Å². The van der Waals surface area contributed by atoms with E-state index < -0.39 is 10.7 Å². The molecule has 1 N–H and O–H groups in total. The first kappa shape index (κ1) is 19.7. The number of thioether (sulfide) groups is 1. The molecule has 1 amide bonds. The summed E-state index contributed by atoms with van der Waals surface area (Å²) < 4.78 is 13.1. The normalized spacial score (nSPS) is 10.5. The van der Waals surface area contributed by atoms with Gasteiger partial charge in [0.2, 0.25) is 5.91 Å². The Balaban J connectivity index is 1.57. The quantitative estimate of drug-likeness (QED) is 0.357. The van der Waals surface area contributed by atoms with Crippen LogP contribution in [0.1, 0.15) is 0 Å². The number of nitrogens with zero attached hydrogens (tertiary/aromatic N) is 3. The van der Waals surface area contributed by atoms with Crippen LogP contribution in [0.15, 0.2) is 59.6 Å². The van der Waals surface area contributed by atoms with Crippen molar-refractivity contribution in [3.63, 3.8) is 0 Å². The molecule has 0 aliphatic heterocycles. The summed E-state index contributed by atoms with van der Waals surface area (Å²) in [4.78, 5) is 22.2. The Morgan fingerprint density at radius 2 is 1.89 bits per heavy atom. The summed E-state index contributed by atoms with van der Waals surface area (Å²) in [7, 11) is 0. The van der Waals surface area contributed by atoms with Crippen LogP contribution in [0.5, 0.6) is 0 Å². The predicted octanol–water partition coefficient (Wildman–Crippen LogP) is 4.58. The van der Waals surface area contributed by atoms with Gasteiger partial charge in [0.1, 0.15) is 10.8 Å². The molecule has 28 heavy (non-hydrogen) atoms. The number of amides is 1. The summed E-state index contributed by atoms with van der Waals surface area (Å²) in [6, 6.07) is 13.3. The van der Waals surface area contributed by atoms with Crippen LogP contribution in [0.2, 0.25) is 5.02 Å². The molecule has 1 heterocycles. The molecule has 2 aromatic carbocycles. The predicted molar refractivity (Wildman–Crippen MR) is 105 cm³/mol. The first-order chi connectivity index (χ1) is 13.4. The number of anilines is 1. The van der Waals surface area contributed by atoms with Crippen molar-refractivity contribution in [2.75, 3.05) is 11.1 Å². The van der Waals surface area contributed by atoms with Gasteiger partial charge in [0, 0.05) is 23.4 Å². The van der Waals surface area contributed by atoms with Gasteiger partial charge in [0.15, 0.2) is 0 Å². The van der Waals surface area contributed by atoms with Gasteiger partial charge in [0.05, 0.1) is 21.4 Å². The molecule has 0 saturated carbocycles. The minimum Gasteiger partial charge on any atom is -0.325 e. The molecule has 3 aromatic rings. The molecule has 0 spiro atoms. The Labute approximate surface area is 168 Å². The van der Waals surface area contributed by atoms with Gasteiger partial charge in [-0.15, -0.1) is 10.2 Å². The van der Waals surface area contributed by atoms with E-state index >= 15 is 0 Å². The summed E-state index contributed by atoms with van der Waals surface area (Å²) in [5, 5.41) is 21.9. The monoisotopic (exact) mass is 418 g/mol. The van der Waals surface area contributed by atoms with E-state index in [-0.39, 0.29) is 22.4 Å². The van der Waals surface area contributed by atoms with E-state index in [1.54, 1.807) is 24.3 Å². The fourth-order valence-corrected chi connectivity index (χ4v) is 3.01. The highest BCUT2D eigenvalue weighted by Gasteiger charge is 2.09. The highest BCUT2D eigenvalue weighted by atomic mass is 35.5. The molecular formula is C18H12ClFN4O3S. The van der Waals surface area contributed by atoms with E-state index in [0.717, 1.165) is 0 Å². The number of benzene rings is 2. The maximum atomic E-state index is 13.1. The zero-order valence-corrected chi connectivity index (χ0v) is 15.7. The minimum atomic E-state index is -0.558. The highest BCUT2D eigenvalue weighted by molar-refractivity contribution is 7.99. The number of hydrogen-bond acceptors (Lipinski definition) is 6. The molecule has 0 aliphatic rings. The standard InChI is InChI=1S/C18H12ClFN4O3S/c19-14-9-12(3-6-15(14)20)21-17(25)10-28-18-8-7-16(22-23-18)11-1-4-13(5-2-11)24(26)27/h1-9H,10H2,(H,21,25). The number of nitro groups is 1. The molecule has 0 unspecified atom stereocenters. The Morgan fingerprint density at radius 3 is 2.50 bits per heavy atom. The lowest BCUT2D eigenvalue weighted by Gasteiger charge is -2.06. The van der Waals surface area contributed by atoms with E-state index in [4.69, 9.17) is 11.6 Å². The highest BCUT2D eigenvalue weighted by Crippen LogP contribution is 2.23. The lowest BCUT2D eigenvalue weighted by Crippen LogP contribution is -2.14. The minimum absolute atomic E-state index is 0.00246. The fourth-order valence-electron chi connectivity index (χ4n) is 2.22. The second kappa shape index (κ2) is 8.77. The molecule has 3 rings (SSSR count). The molecule has 0 atom stereocenters. The summed E-state index contributed by atoms with van der Waals surface area (Å²) in [6.07, 6.45) is 0. The number of nitrogens with one attached hydrogen (secondary N) is 1.